The number of hydrogen-bond donors (Lipinski definition) is 1. The van der Waals surface area contributed by atoms with E-state index in [9.17, 15) is 16.8 Å². The molecule has 8 heteroatoms. The lowest BCUT2D eigenvalue weighted by molar-refractivity contribution is 0.574. The van der Waals surface area contributed by atoms with E-state index >= 15 is 0 Å². The van der Waals surface area contributed by atoms with Crippen LogP contribution in [0.2, 0.25) is 0 Å². The predicted molar refractivity (Wildman–Crippen MR) is 85.3 cm³/mol. The third kappa shape index (κ3) is 5.28. The van der Waals surface area contributed by atoms with Crippen molar-refractivity contribution in [2.75, 3.05) is 30.1 Å². The van der Waals surface area contributed by atoms with Crippen LogP contribution in [0.1, 0.15) is 6.42 Å². The molecule has 1 aliphatic rings. The molecular formula is C13H19NO4S3. The molecular weight excluding hydrogens is 330 g/mol. The fourth-order valence-corrected chi connectivity index (χ4v) is 5.29. The molecule has 118 valence electrons. The Morgan fingerprint density at radius 1 is 1.29 bits per heavy atom. The second kappa shape index (κ2) is 6.68. The van der Waals surface area contributed by atoms with Gasteiger partial charge in [0.2, 0.25) is 0 Å². The highest BCUT2D eigenvalue weighted by Crippen LogP contribution is 2.20. The molecule has 1 aliphatic heterocycles. The van der Waals surface area contributed by atoms with Crippen LogP contribution in [-0.2, 0) is 19.7 Å². The average Bonchev–Trinajstić information content (AvgIpc) is 2.74. The summed E-state index contributed by atoms with van der Waals surface area (Å²) in [6.07, 6.45) is 1.88. The maximum absolute atomic E-state index is 11.3. The molecule has 0 saturated carbocycles. The zero-order valence-electron chi connectivity index (χ0n) is 11.8. The molecule has 0 amide bonds. The standard InChI is InChI=1S/C13H19NO4S3/c1-20(15,16)13-4-2-12(3-5-13)19-8-7-14-11-6-9-21(17,18)10-11/h2-5,11,14H,6-10H2,1H3. The van der Waals surface area contributed by atoms with E-state index in [4.69, 9.17) is 0 Å². The summed E-state index contributed by atoms with van der Waals surface area (Å²) in [4.78, 5) is 1.32. The number of sulfone groups is 2. The van der Waals surface area contributed by atoms with E-state index in [1.165, 1.54) is 6.26 Å². The van der Waals surface area contributed by atoms with E-state index in [0.717, 1.165) is 17.2 Å². The van der Waals surface area contributed by atoms with E-state index < -0.39 is 19.7 Å². The zero-order valence-corrected chi connectivity index (χ0v) is 14.2. The lowest BCUT2D eigenvalue weighted by Gasteiger charge is -2.10. The molecule has 0 aromatic heterocycles. The predicted octanol–water partition coefficient (Wildman–Crippen LogP) is 0.959. The molecule has 21 heavy (non-hydrogen) atoms. The second-order valence-electron chi connectivity index (χ2n) is 5.15. The van der Waals surface area contributed by atoms with Gasteiger partial charge in [-0.15, -0.1) is 11.8 Å². The summed E-state index contributed by atoms with van der Waals surface area (Å²) in [6, 6.07) is 6.87. The van der Waals surface area contributed by atoms with Crippen molar-refractivity contribution < 1.29 is 16.8 Å². The molecule has 0 aliphatic carbocycles. The lowest BCUT2D eigenvalue weighted by atomic mass is 10.3. The summed E-state index contributed by atoms with van der Waals surface area (Å²) in [6.45, 7) is 0.735. The van der Waals surface area contributed by atoms with Gasteiger partial charge in [0.15, 0.2) is 19.7 Å². The summed E-state index contributed by atoms with van der Waals surface area (Å²) in [5.41, 5.74) is 0. The Kier molecular flexibility index (Phi) is 5.34. The average molecular weight is 349 g/mol. The van der Waals surface area contributed by atoms with Crippen molar-refractivity contribution in [1.29, 1.82) is 0 Å². The Labute approximate surface area is 130 Å². The molecule has 1 heterocycles. The van der Waals surface area contributed by atoms with Gasteiger partial charge in [0.1, 0.15) is 0 Å². The molecule has 1 atom stereocenters. The molecule has 0 spiro atoms. The number of hydrogen-bond acceptors (Lipinski definition) is 6. The van der Waals surface area contributed by atoms with Crippen molar-refractivity contribution in [2.45, 2.75) is 22.3 Å². The Bertz CT molecular complexity index is 681. The summed E-state index contributed by atoms with van der Waals surface area (Å²) in [5.74, 6) is 1.33. The van der Waals surface area contributed by atoms with Gasteiger partial charge in [0, 0.05) is 29.5 Å². The summed E-state index contributed by atoms with van der Waals surface area (Å²) < 4.78 is 45.3. The highest BCUT2D eigenvalue weighted by atomic mass is 32.2. The molecule has 1 N–H and O–H groups in total. The zero-order chi connectivity index (χ0) is 15.5. The summed E-state index contributed by atoms with van der Waals surface area (Å²) in [7, 11) is -5.98. The van der Waals surface area contributed by atoms with Gasteiger partial charge in [0.05, 0.1) is 16.4 Å². The maximum atomic E-state index is 11.3. The second-order valence-corrected chi connectivity index (χ2v) is 10.6. The van der Waals surface area contributed by atoms with Gasteiger partial charge in [-0.1, -0.05) is 0 Å². The Morgan fingerprint density at radius 2 is 1.95 bits per heavy atom. The molecule has 1 saturated heterocycles. The van der Waals surface area contributed by atoms with Gasteiger partial charge in [-0.05, 0) is 30.7 Å². The van der Waals surface area contributed by atoms with Gasteiger partial charge in [0.25, 0.3) is 0 Å². The highest BCUT2D eigenvalue weighted by molar-refractivity contribution is 7.99. The third-order valence-electron chi connectivity index (χ3n) is 3.29. The molecule has 0 radical (unpaired) electrons. The number of rotatable bonds is 6. The van der Waals surface area contributed by atoms with Crippen LogP contribution in [0.3, 0.4) is 0 Å². The smallest absolute Gasteiger partial charge is 0.175 e. The minimum atomic E-state index is -3.15. The Hall–Kier alpha value is -0.570. The van der Waals surface area contributed by atoms with Gasteiger partial charge in [-0.2, -0.15) is 0 Å². The van der Waals surface area contributed by atoms with E-state index in [1.54, 1.807) is 36.0 Å². The van der Waals surface area contributed by atoms with Crippen LogP contribution in [0, 0.1) is 0 Å². The molecule has 2 rings (SSSR count). The van der Waals surface area contributed by atoms with E-state index in [2.05, 4.69) is 5.32 Å². The molecule has 0 bridgehead atoms. The van der Waals surface area contributed by atoms with Crippen molar-refractivity contribution in [3.63, 3.8) is 0 Å². The lowest BCUT2D eigenvalue weighted by Crippen LogP contribution is -2.31. The molecule has 5 nitrogen and oxygen atoms in total. The van der Waals surface area contributed by atoms with E-state index in [-0.39, 0.29) is 17.5 Å². The van der Waals surface area contributed by atoms with E-state index in [1.807, 2.05) is 0 Å². The van der Waals surface area contributed by atoms with Crippen LogP contribution < -0.4 is 5.32 Å². The number of nitrogens with one attached hydrogen (secondary N) is 1. The van der Waals surface area contributed by atoms with Gasteiger partial charge >= 0.3 is 0 Å². The van der Waals surface area contributed by atoms with Crippen molar-refractivity contribution >= 4 is 31.4 Å². The molecule has 1 aromatic carbocycles. The monoisotopic (exact) mass is 349 g/mol. The number of benzene rings is 1. The normalized spacial score (nSPS) is 21.5. The first-order valence-electron chi connectivity index (χ1n) is 6.63. The SMILES string of the molecule is CS(=O)(=O)c1ccc(SCCNC2CCS(=O)(=O)C2)cc1. The van der Waals surface area contributed by atoms with Crippen molar-refractivity contribution in [2.24, 2.45) is 0 Å². The minimum Gasteiger partial charge on any atom is -0.312 e. The largest absolute Gasteiger partial charge is 0.312 e. The first-order valence-corrected chi connectivity index (χ1v) is 11.3. The number of thioether (sulfide) groups is 1. The first-order chi connectivity index (χ1) is 9.76. The Balaban J connectivity index is 1.74. The van der Waals surface area contributed by atoms with Gasteiger partial charge in [-0.3, -0.25) is 0 Å². The van der Waals surface area contributed by atoms with Crippen molar-refractivity contribution in [3.8, 4) is 0 Å². The first kappa shape index (κ1) is 16.8. The Morgan fingerprint density at radius 3 is 2.48 bits per heavy atom. The minimum absolute atomic E-state index is 0.0724. The quantitative estimate of drug-likeness (QED) is 0.609. The van der Waals surface area contributed by atoms with Crippen LogP contribution in [0.15, 0.2) is 34.1 Å². The van der Waals surface area contributed by atoms with E-state index in [0.29, 0.717) is 11.3 Å². The summed E-state index contributed by atoms with van der Waals surface area (Å²) >= 11 is 1.62. The fraction of sp³-hybridized carbons (Fsp3) is 0.538. The van der Waals surface area contributed by atoms with Crippen LogP contribution in [0.25, 0.3) is 0 Å². The fourth-order valence-electron chi connectivity index (χ4n) is 2.17. The van der Waals surface area contributed by atoms with Crippen molar-refractivity contribution in [1.82, 2.24) is 5.32 Å². The maximum Gasteiger partial charge on any atom is 0.175 e. The van der Waals surface area contributed by atoms with Gasteiger partial charge < -0.3 is 5.32 Å². The van der Waals surface area contributed by atoms with Crippen LogP contribution in [-0.4, -0.2) is 52.9 Å². The molecule has 1 unspecified atom stereocenters. The van der Waals surface area contributed by atoms with Gasteiger partial charge in [-0.25, -0.2) is 16.8 Å². The summed E-state index contributed by atoms with van der Waals surface area (Å²) in [5, 5.41) is 3.25. The topological polar surface area (TPSA) is 80.3 Å². The van der Waals surface area contributed by atoms with Crippen LogP contribution >= 0.6 is 11.8 Å². The van der Waals surface area contributed by atoms with Crippen LogP contribution in [0.5, 0.6) is 0 Å². The third-order valence-corrected chi connectivity index (χ3v) is 7.20. The van der Waals surface area contributed by atoms with Crippen LogP contribution in [0.4, 0.5) is 0 Å². The molecule has 1 fully saturated rings. The highest BCUT2D eigenvalue weighted by Gasteiger charge is 2.26. The van der Waals surface area contributed by atoms with Crippen molar-refractivity contribution in [3.05, 3.63) is 24.3 Å². The molecule has 1 aromatic rings.